The minimum Gasteiger partial charge on any atom is -0.354 e. The van der Waals surface area contributed by atoms with Crippen LogP contribution >= 0.6 is 27.5 Å². The summed E-state index contributed by atoms with van der Waals surface area (Å²) in [6.45, 7) is 7.55. The number of nitrogens with one attached hydrogen (secondary N) is 1. The molecule has 0 spiro atoms. The van der Waals surface area contributed by atoms with Crippen LogP contribution in [0.4, 0.5) is 5.69 Å². The molecule has 0 bridgehead atoms. The van der Waals surface area contributed by atoms with E-state index in [1.165, 1.54) is 17.0 Å². The molecule has 0 fully saturated rings. The van der Waals surface area contributed by atoms with Crippen molar-refractivity contribution in [1.29, 1.82) is 0 Å². The summed E-state index contributed by atoms with van der Waals surface area (Å²) < 4.78 is 30.5. The summed E-state index contributed by atoms with van der Waals surface area (Å²) in [5.74, 6) is -0.653. The van der Waals surface area contributed by atoms with Gasteiger partial charge in [0.25, 0.3) is 10.0 Å². The number of nitrogens with zero attached hydrogens (tertiary/aromatic N) is 2. The third kappa shape index (κ3) is 8.99. The first-order chi connectivity index (χ1) is 21.9. The third-order valence-corrected chi connectivity index (χ3v) is 10.3. The fraction of sp³-hybridized carbons (Fsp3) is 0.278. The summed E-state index contributed by atoms with van der Waals surface area (Å²) in [7, 11) is -4.23. The van der Waals surface area contributed by atoms with Gasteiger partial charge in [0.2, 0.25) is 11.8 Å². The van der Waals surface area contributed by atoms with Gasteiger partial charge < -0.3 is 10.2 Å². The molecule has 0 saturated heterocycles. The number of halogens is 2. The van der Waals surface area contributed by atoms with Crippen molar-refractivity contribution in [3.8, 4) is 0 Å². The standard InChI is InChI=1S/C36H39BrClN3O4S/c1-25(2)22-39-36(43)34(21-28-10-6-5-7-11-28)40(23-29-12-8-13-30(37)20-29)35(42)24-41(33-15-9-14-32(38)27(33)4)46(44,45)31-18-16-26(3)17-19-31/h5-20,25,34H,21-24H2,1-4H3,(H,39,43). The Morgan fingerprint density at radius 2 is 1.52 bits per heavy atom. The number of amides is 2. The molecule has 0 saturated carbocycles. The van der Waals surface area contributed by atoms with E-state index in [9.17, 15) is 18.0 Å². The highest BCUT2D eigenvalue weighted by Crippen LogP contribution is 2.31. The molecule has 2 amide bonds. The Morgan fingerprint density at radius 1 is 0.870 bits per heavy atom. The van der Waals surface area contributed by atoms with E-state index in [2.05, 4.69) is 21.2 Å². The van der Waals surface area contributed by atoms with E-state index in [4.69, 9.17) is 11.6 Å². The maximum atomic E-state index is 14.6. The minimum absolute atomic E-state index is 0.0410. The highest BCUT2D eigenvalue weighted by atomic mass is 79.9. The fourth-order valence-corrected chi connectivity index (χ4v) is 7.11. The predicted molar refractivity (Wildman–Crippen MR) is 188 cm³/mol. The first-order valence-electron chi connectivity index (χ1n) is 15.1. The second kappa shape index (κ2) is 15.8. The average molecular weight is 725 g/mol. The Balaban J connectivity index is 1.83. The highest BCUT2D eigenvalue weighted by Gasteiger charge is 2.35. The number of aryl methyl sites for hydroxylation is 1. The number of anilines is 1. The van der Waals surface area contributed by atoms with Crippen molar-refractivity contribution in [1.82, 2.24) is 10.2 Å². The van der Waals surface area contributed by atoms with Gasteiger partial charge in [0.05, 0.1) is 10.6 Å². The van der Waals surface area contributed by atoms with Gasteiger partial charge >= 0.3 is 0 Å². The van der Waals surface area contributed by atoms with Gasteiger partial charge in [-0.1, -0.05) is 108 Å². The van der Waals surface area contributed by atoms with Gasteiger partial charge in [0.1, 0.15) is 12.6 Å². The van der Waals surface area contributed by atoms with E-state index in [0.717, 1.165) is 25.5 Å². The normalized spacial score (nSPS) is 12.1. The third-order valence-electron chi connectivity index (χ3n) is 7.59. The summed E-state index contributed by atoms with van der Waals surface area (Å²) in [6, 6.07) is 27.5. The van der Waals surface area contributed by atoms with Crippen LogP contribution in [0.5, 0.6) is 0 Å². The SMILES string of the molecule is Cc1ccc(S(=O)(=O)N(CC(=O)N(Cc2cccc(Br)c2)C(Cc2ccccc2)C(=O)NCC(C)C)c2cccc(Cl)c2C)cc1. The number of hydrogen-bond acceptors (Lipinski definition) is 4. The maximum absolute atomic E-state index is 14.6. The number of rotatable bonds is 13. The van der Waals surface area contributed by atoms with Crippen LogP contribution in [0.15, 0.2) is 106 Å². The van der Waals surface area contributed by atoms with Gasteiger partial charge in [-0.05, 0) is 72.9 Å². The second-order valence-corrected chi connectivity index (χ2v) is 14.9. The van der Waals surface area contributed by atoms with E-state index < -0.39 is 28.5 Å². The molecule has 0 aliphatic rings. The van der Waals surface area contributed by atoms with E-state index in [0.29, 0.717) is 17.1 Å². The monoisotopic (exact) mass is 723 g/mol. The van der Waals surface area contributed by atoms with E-state index >= 15 is 0 Å². The molecule has 0 aliphatic carbocycles. The highest BCUT2D eigenvalue weighted by molar-refractivity contribution is 9.10. The van der Waals surface area contributed by atoms with Crippen LogP contribution in [0, 0.1) is 19.8 Å². The van der Waals surface area contributed by atoms with Crippen molar-refractivity contribution < 1.29 is 18.0 Å². The lowest BCUT2D eigenvalue weighted by Gasteiger charge is -2.34. The molecular weight excluding hydrogens is 686 g/mol. The molecule has 4 aromatic rings. The minimum atomic E-state index is -4.23. The number of sulfonamides is 1. The smallest absolute Gasteiger partial charge is 0.264 e. The quantitative estimate of drug-likeness (QED) is 0.157. The van der Waals surface area contributed by atoms with Crippen molar-refractivity contribution in [2.75, 3.05) is 17.4 Å². The summed E-state index contributed by atoms with van der Waals surface area (Å²) in [5.41, 5.74) is 3.35. The van der Waals surface area contributed by atoms with Gasteiger partial charge in [0, 0.05) is 29.0 Å². The fourth-order valence-electron chi connectivity index (χ4n) is 5.03. The molecule has 1 atom stereocenters. The van der Waals surface area contributed by atoms with Crippen LogP contribution in [0.2, 0.25) is 5.02 Å². The van der Waals surface area contributed by atoms with Gasteiger partial charge in [-0.15, -0.1) is 0 Å². The van der Waals surface area contributed by atoms with Crippen molar-refractivity contribution >= 4 is 55.1 Å². The summed E-state index contributed by atoms with van der Waals surface area (Å²) in [4.78, 5) is 30.0. The predicted octanol–water partition coefficient (Wildman–Crippen LogP) is 7.33. The molecule has 1 N–H and O–H groups in total. The van der Waals surface area contributed by atoms with Gasteiger partial charge in [-0.25, -0.2) is 8.42 Å². The largest absolute Gasteiger partial charge is 0.354 e. The first kappa shape index (κ1) is 35.2. The molecule has 7 nitrogen and oxygen atoms in total. The number of benzene rings is 4. The number of hydrogen-bond donors (Lipinski definition) is 1. The molecule has 0 aromatic heterocycles. The van der Waals surface area contributed by atoms with Crippen molar-refractivity contribution in [2.24, 2.45) is 5.92 Å². The molecular formula is C36H39BrClN3O4S. The Kier molecular flexibility index (Phi) is 12.1. The summed E-state index contributed by atoms with van der Waals surface area (Å²) in [5, 5.41) is 3.38. The number of carbonyl (C=O) groups excluding carboxylic acids is 2. The average Bonchev–Trinajstić information content (AvgIpc) is 3.02. The Bertz CT molecular complexity index is 1770. The van der Waals surface area contributed by atoms with E-state index in [1.54, 1.807) is 37.3 Å². The van der Waals surface area contributed by atoms with Crippen LogP contribution in [0.3, 0.4) is 0 Å². The van der Waals surface area contributed by atoms with Gasteiger partial charge in [0.15, 0.2) is 0 Å². The Hall–Kier alpha value is -3.66. The summed E-state index contributed by atoms with van der Waals surface area (Å²) in [6.07, 6.45) is 0.241. The Labute approximate surface area is 285 Å². The number of carbonyl (C=O) groups is 2. The van der Waals surface area contributed by atoms with Gasteiger partial charge in [-0.2, -0.15) is 0 Å². The zero-order valence-corrected chi connectivity index (χ0v) is 29.6. The second-order valence-electron chi connectivity index (χ2n) is 11.7. The molecule has 0 aliphatic heterocycles. The van der Waals surface area contributed by atoms with Crippen LogP contribution in [-0.4, -0.2) is 44.3 Å². The van der Waals surface area contributed by atoms with Crippen LogP contribution in [0.25, 0.3) is 0 Å². The van der Waals surface area contributed by atoms with Crippen molar-refractivity contribution in [3.63, 3.8) is 0 Å². The topological polar surface area (TPSA) is 86.8 Å². The lowest BCUT2D eigenvalue weighted by Crippen LogP contribution is -2.53. The van der Waals surface area contributed by atoms with Crippen molar-refractivity contribution in [3.05, 3.63) is 129 Å². The maximum Gasteiger partial charge on any atom is 0.264 e. The Morgan fingerprint density at radius 3 is 2.17 bits per heavy atom. The molecule has 4 aromatic carbocycles. The zero-order chi connectivity index (χ0) is 33.4. The molecule has 0 heterocycles. The molecule has 10 heteroatoms. The van der Waals surface area contributed by atoms with Crippen molar-refractivity contribution in [2.45, 2.75) is 51.6 Å². The summed E-state index contributed by atoms with van der Waals surface area (Å²) >= 11 is 9.97. The zero-order valence-electron chi connectivity index (χ0n) is 26.4. The molecule has 46 heavy (non-hydrogen) atoms. The van der Waals surface area contributed by atoms with Crippen LogP contribution in [-0.2, 0) is 32.6 Å². The van der Waals surface area contributed by atoms with Gasteiger partial charge in [-0.3, -0.25) is 13.9 Å². The molecule has 1 unspecified atom stereocenters. The van der Waals surface area contributed by atoms with Crippen LogP contribution < -0.4 is 9.62 Å². The lowest BCUT2D eigenvalue weighted by atomic mass is 10.0. The molecule has 0 radical (unpaired) electrons. The lowest BCUT2D eigenvalue weighted by molar-refractivity contribution is -0.140. The molecule has 242 valence electrons. The molecule has 4 rings (SSSR count). The van der Waals surface area contributed by atoms with E-state index in [-0.39, 0.29) is 35.4 Å². The van der Waals surface area contributed by atoms with Crippen LogP contribution in [0.1, 0.15) is 36.1 Å². The first-order valence-corrected chi connectivity index (χ1v) is 17.7. The van der Waals surface area contributed by atoms with E-state index in [1.807, 2.05) is 75.4 Å².